The van der Waals surface area contributed by atoms with Gasteiger partial charge in [0, 0.05) is 5.69 Å². The van der Waals surface area contributed by atoms with Crippen LogP contribution in [0.3, 0.4) is 0 Å². The summed E-state index contributed by atoms with van der Waals surface area (Å²) in [6.45, 7) is 0.149. The maximum atomic E-state index is 13.4. The maximum Gasteiger partial charge on any atom is 0.307 e. The van der Waals surface area contributed by atoms with Gasteiger partial charge in [0.15, 0.2) is 5.69 Å². The van der Waals surface area contributed by atoms with Gasteiger partial charge in [0.05, 0.1) is 28.7 Å². The molecule has 4 bridgehead atoms. The number of carbonyl (C=O) groups excluding carboxylic acids is 1. The van der Waals surface area contributed by atoms with Gasteiger partial charge in [0.25, 0.3) is 5.91 Å². The monoisotopic (exact) mass is 554 g/mol. The first-order valence-corrected chi connectivity index (χ1v) is 13.7. The van der Waals surface area contributed by atoms with Crippen molar-refractivity contribution in [2.24, 2.45) is 17.8 Å². The number of carboxylic acids is 1. The molecule has 0 atom stereocenters. The summed E-state index contributed by atoms with van der Waals surface area (Å²) >= 11 is 12.8. The highest BCUT2D eigenvalue weighted by atomic mass is 35.5. The summed E-state index contributed by atoms with van der Waals surface area (Å²) in [5.74, 6) is 0.743. The molecule has 7 rings (SSSR count). The summed E-state index contributed by atoms with van der Waals surface area (Å²) in [6.07, 6.45) is 6.94. The average Bonchev–Trinajstić information content (AvgIpc) is 3.26. The summed E-state index contributed by atoms with van der Waals surface area (Å²) in [6, 6.07) is 11.8. The molecule has 1 aromatic heterocycles. The van der Waals surface area contributed by atoms with Crippen molar-refractivity contribution in [3.63, 3.8) is 0 Å². The quantitative estimate of drug-likeness (QED) is 0.357. The lowest BCUT2D eigenvalue weighted by molar-refractivity contribution is -0.169. The second kappa shape index (κ2) is 9.98. The highest BCUT2D eigenvalue weighted by molar-refractivity contribution is 6.37. The van der Waals surface area contributed by atoms with Crippen LogP contribution in [0.2, 0.25) is 10.0 Å². The van der Waals surface area contributed by atoms with E-state index in [4.69, 9.17) is 33.0 Å². The molecule has 2 aromatic carbocycles. The molecule has 8 nitrogen and oxygen atoms in total. The predicted molar refractivity (Wildman–Crippen MR) is 143 cm³/mol. The zero-order valence-electron chi connectivity index (χ0n) is 20.7. The molecule has 0 aliphatic heterocycles. The number of halogens is 2. The smallest absolute Gasteiger partial charge is 0.307 e. The molecule has 4 fully saturated rings. The van der Waals surface area contributed by atoms with E-state index in [1.807, 2.05) is 0 Å². The van der Waals surface area contributed by atoms with Gasteiger partial charge in [-0.2, -0.15) is 0 Å². The van der Waals surface area contributed by atoms with Crippen LogP contribution in [-0.2, 0) is 22.6 Å². The molecule has 3 aromatic rings. The molecule has 198 valence electrons. The van der Waals surface area contributed by atoms with Crippen LogP contribution in [0, 0.1) is 17.8 Å². The van der Waals surface area contributed by atoms with Crippen molar-refractivity contribution in [2.75, 3.05) is 5.32 Å². The van der Waals surface area contributed by atoms with Crippen molar-refractivity contribution in [1.82, 2.24) is 15.0 Å². The van der Waals surface area contributed by atoms with Gasteiger partial charge in [-0.05, 0) is 86.1 Å². The van der Waals surface area contributed by atoms with Crippen LogP contribution in [-0.4, -0.2) is 37.6 Å². The molecule has 1 heterocycles. The molecule has 0 radical (unpaired) electrons. The van der Waals surface area contributed by atoms with E-state index in [1.165, 1.54) is 24.1 Å². The first kappa shape index (κ1) is 25.3. The lowest BCUT2D eigenvalue weighted by atomic mass is 9.54. The first-order chi connectivity index (χ1) is 18.3. The standard InChI is InChI=1S/C28H28Cl2N4O4/c29-21-5-2-6-22(30)26(21)34-32-23(15-38-28-12-17-7-18(13-28)9-19(8-17)14-28)25(33-34)27(37)31-20-4-1-3-16(10-20)11-24(35)36/h1-6,10,17-19H,7-9,11-15H2,(H,31,37)(H,35,36). The number of anilines is 1. The van der Waals surface area contributed by atoms with Gasteiger partial charge in [0.1, 0.15) is 11.4 Å². The number of aromatic nitrogens is 3. The van der Waals surface area contributed by atoms with Crippen molar-refractivity contribution < 1.29 is 19.4 Å². The van der Waals surface area contributed by atoms with Gasteiger partial charge in [-0.25, -0.2) is 0 Å². The Morgan fingerprint density at radius 1 is 1.00 bits per heavy atom. The third kappa shape index (κ3) is 5.05. The summed E-state index contributed by atoms with van der Waals surface area (Å²) in [5, 5.41) is 21.8. The topological polar surface area (TPSA) is 106 Å². The van der Waals surface area contributed by atoms with Crippen LogP contribution in [0.4, 0.5) is 5.69 Å². The number of amides is 1. The summed E-state index contributed by atoms with van der Waals surface area (Å²) < 4.78 is 6.61. The van der Waals surface area contributed by atoms with Crippen LogP contribution in [0.25, 0.3) is 5.69 Å². The molecule has 38 heavy (non-hydrogen) atoms. The molecule has 0 spiro atoms. The van der Waals surface area contributed by atoms with E-state index in [0.29, 0.717) is 32.7 Å². The number of hydrogen-bond donors (Lipinski definition) is 2. The number of nitrogens with zero attached hydrogens (tertiary/aromatic N) is 3. The van der Waals surface area contributed by atoms with Crippen molar-refractivity contribution in [2.45, 2.75) is 57.2 Å². The molecule has 4 aliphatic rings. The number of rotatable bonds is 8. The second-order valence-electron chi connectivity index (χ2n) is 11.0. The molecule has 0 unspecified atom stereocenters. The zero-order chi connectivity index (χ0) is 26.4. The number of para-hydroxylation sites is 1. The third-order valence-corrected chi connectivity index (χ3v) is 8.68. The Bertz CT molecular complexity index is 1350. The van der Waals surface area contributed by atoms with Crippen LogP contribution in [0.1, 0.15) is 60.3 Å². The van der Waals surface area contributed by atoms with E-state index >= 15 is 0 Å². The van der Waals surface area contributed by atoms with Gasteiger partial charge in [-0.3, -0.25) is 9.59 Å². The molecular formula is C28H28Cl2N4O4. The Hall–Kier alpha value is -2.94. The lowest BCUT2D eigenvalue weighted by Crippen LogP contribution is -2.51. The van der Waals surface area contributed by atoms with E-state index in [9.17, 15) is 9.59 Å². The third-order valence-electron chi connectivity index (χ3n) is 8.07. The summed E-state index contributed by atoms with van der Waals surface area (Å²) in [4.78, 5) is 25.8. The number of carbonyl (C=O) groups is 2. The number of nitrogens with one attached hydrogen (secondary N) is 1. The molecule has 2 N–H and O–H groups in total. The van der Waals surface area contributed by atoms with Gasteiger partial charge >= 0.3 is 5.97 Å². The van der Waals surface area contributed by atoms with E-state index in [1.54, 1.807) is 42.5 Å². The number of hydrogen-bond acceptors (Lipinski definition) is 5. The summed E-state index contributed by atoms with van der Waals surface area (Å²) in [5.41, 5.74) is 1.76. The Labute approximate surface area is 230 Å². The van der Waals surface area contributed by atoms with Crippen molar-refractivity contribution in [3.8, 4) is 5.69 Å². The Morgan fingerprint density at radius 3 is 2.26 bits per heavy atom. The largest absolute Gasteiger partial charge is 0.481 e. The average molecular weight is 555 g/mol. The Morgan fingerprint density at radius 2 is 1.63 bits per heavy atom. The number of carboxylic acid groups (broad SMARTS) is 1. The minimum absolute atomic E-state index is 0.106. The van der Waals surface area contributed by atoms with Gasteiger partial charge in [-0.1, -0.05) is 41.4 Å². The Kier molecular flexibility index (Phi) is 6.66. The zero-order valence-corrected chi connectivity index (χ0v) is 22.2. The number of aliphatic carboxylic acids is 1. The van der Waals surface area contributed by atoms with E-state index in [0.717, 1.165) is 37.0 Å². The number of ether oxygens (including phenoxy) is 1. The van der Waals surface area contributed by atoms with Crippen LogP contribution < -0.4 is 5.32 Å². The summed E-state index contributed by atoms with van der Waals surface area (Å²) in [7, 11) is 0. The minimum Gasteiger partial charge on any atom is -0.481 e. The van der Waals surface area contributed by atoms with Gasteiger partial charge in [-0.15, -0.1) is 15.0 Å². The fourth-order valence-corrected chi connectivity index (χ4v) is 7.49. The van der Waals surface area contributed by atoms with E-state index in [-0.39, 0.29) is 24.3 Å². The predicted octanol–water partition coefficient (Wildman–Crippen LogP) is 5.94. The second-order valence-corrected chi connectivity index (χ2v) is 11.8. The van der Waals surface area contributed by atoms with Crippen molar-refractivity contribution in [3.05, 3.63) is 69.5 Å². The van der Waals surface area contributed by atoms with Crippen LogP contribution in [0.15, 0.2) is 42.5 Å². The van der Waals surface area contributed by atoms with Crippen LogP contribution in [0.5, 0.6) is 0 Å². The molecule has 10 heteroatoms. The van der Waals surface area contributed by atoms with E-state index in [2.05, 4.69) is 15.5 Å². The van der Waals surface area contributed by atoms with Crippen molar-refractivity contribution in [1.29, 1.82) is 0 Å². The SMILES string of the molecule is O=C(O)Cc1cccc(NC(=O)c2nn(-c3c(Cl)cccc3Cl)nc2COC23CC4CC(CC(C4)C2)C3)c1. The fraction of sp³-hybridized carbons (Fsp3) is 0.429. The molecular weight excluding hydrogens is 527 g/mol. The van der Waals surface area contributed by atoms with Crippen LogP contribution >= 0.6 is 23.2 Å². The van der Waals surface area contributed by atoms with Crippen molar-refractivity contribution >= 4 is 40.8 Å². The fourth-order valence-electron chi connectivity index (χ4n) is 6.94. The highest BCUT2D eigenvalue weighted by Crippen LogP contribution is 2.57. The molecule has 0 saturated heterocycles. The first-order valence-electron chi connectivity index (χ1n) is 12.9. The highest BCUT2D eigenvalue weighted by Gasteiger charge is 2.51. The van der Waals surface area contributed by atoms with E-state index < -0.39 is 11.9 Å². The normalized spacial score (nSPS) is 25.5. The molecule has 1 amide bonds. The lowest BCUT2D eigenvalue weighted by Gasteiger charge is -2.56. The number of benzene rings is 2. The van der Waals surface area contributed by atoms with Gasteiger partial charge in [0.2, 0.25) is 0 Å². The molecule has 4 saturated carbocycles. The minimum atomic E-state index is -0.947. The Balaban J connectivity index is 1.29. The van der Waals surface area contributed by atoms with Gasteiger partial charge < -0.3 is 15.2 Å². The maximum absolute atomic E-state index is 13.4. The molecule has 4 aliphatic carbocycles.